The van der Waals surface area contributed by atoms with Crippen molar-refractivity contribution in [1.29, 1.82) is 0 Å². The van der Waals surface area contributed by atoms with E-state index in [2.05, 4.69) is 21.0 Å². The molecule has 0 N–H and O–H groups in total. The third-order valence-corrected chi connectivity index (χ3v) is 4.54. The fraction of sp³-hybridized carbons (Fsp3) is 0.385. The monoisotopic (exact) mass is 357 g/mol. The third-order valence-electron chi connectivity index (χ3n) is 2.85. The first-order valence-corrected chi connectivity index (χ1v) is 7.77. The SMILES string of the molecule is COCCN(C)c1cnn(Cc2cc(Br)cs2)c(=O)c1. The Bertz CT molecular complexity index is 626. The number of thiophene rings is 1. The highest BCUT2D eigenvalue weighted by Crippen LogP contribution is 2.20. The molecule has 5 nitrogen and oxygen atoms in total. The second kappa shape index (κ2) is 7.01. The van der Waals surface area contributed by atoms with Crippen LogP contribution >= 0.6 is 27.3 Å². The zero-order valence-corrected chi connectivity index (χ0v) is 13.8. The lowest BCUT2D eigenvalue weighted by Gasteiger charge is -2.18. The van der Waals surface area contributed by atoms with Gasteiger partial charge in [-0.05, 0) is 22.0 Å². The Kier molecular flexibility index (Phi) is 5.33. The molecular formula is C13H16BrN3O2S. The number of ether oxygens (including phenoxy) is 1. The highest BCUT2D eigenvalue weighted by Gasteiger charge is 2.06. The van der Waals surface area contributed by atoms with E-state index in [1.165, 1.54) is 4.68 Å². The number of likely N-dealkylation sites (N-methyl/N-ethyl adjacent to an activating group) is 1. The number of aromatic nitrogens is 2. The quantitative estimate of drug-likeness (QED) is 0.794. The maximum absolute atomic E-state index is 12.1. The van der Waals surface area contributed by atoms with Crippen LogP contribution in [0.4, 0.5) is 5.69 Å². The van der Waals surface area contributed by atoms with Crippen LogP contribution in [0.2, 0.25) is 0 Å². The van der Waals surface area contributed by atoms with Crippen LogP contribution in [0.25, 0.3) is 0 Å². The lowest BCUT2D eigenvalue weighted by atomic mass is 10.4. The Hall–Kier alpha value is -1.18. The van der Waals surface area contributed by atoms with Gasteiger partial charge in [0, 0.05) is 41.5 Å². The van der Waals surface area contributed by atoms with Gasteiger partial charge in [-0.25, -0.2) is 4.68 Å². The highest BCUT2D eigenvalue weighted by molar-refractivity contribution is 9.10. The Morgan fingerprint density at radius 2 is 2.30 bits per heavy atom. The highest BCUT2D eigenvalue weighted by atomic mass is 79.9. The largest absolute Gasteiger partial charge is 0.383 e. The van der Waals surface area contributed by atoms with Gasteiger partial charge in [0.05, 0.1) is 25.0 Å². The first-order valence-electron chi connectivity index (χ1n) is 6.10. The van der Waals surface area contributed by atoms with Gasteiger partial charge in [-0.1, -0.05) is 0 Å². The van der Waals surface area contributed by atoms with E-state index in [1.807, 2.05) is 23.4 Å². The second-order valence-corrected chi connectivity index (χ2v) is 6.27. The van der Waals surface area contributed by atoms with Crippen LogP contribution < -0.4 is 10.5 Å². The van der Waals surface area contributed by atoms with Crippen LogP contribution in [0.5, 0.6) is 0 Å². The molecule has 108 valence electrons. The third kappa shape index (κ3) is 3.91. The number of hydrogen-bond acceptors (Lipinski definition) is 5. The van der Waals surface area contributed by atoms with Gasteiger partial charge < -0.3 is 9.64 Å². The van der Waals surface area contributed by atoms with E-state index in [0.717, 1.165) is 21.6 Å². The predicted octanol–water partition coefficient (Wildman–Crippen LogP) is 2.20. The Balaban J connectivity index is 2.11. The molecule has 2 aromatic rings. The molecule has 0 fully saturated rings. The van der Waals surface area contributed by atoms with Crippen molar-refractivity contribution in [2.45, 2.75) is 6.54 Å². The molecule has 7 heteroatoms. The summed E-state index contributed by atoms with van der Waals surface area (Å²) in [5.41, 5.74) is 0.701. The van der Waals surface area contributed by atoms with Gasteiger partial charge >= 0.3 is 0 Å². The predicted molar refractivity (Wildman–Crippen MR) is 84.8 cm³/mol. The fourth-order valence-corrected chi connectivity index (χ4v) is 3.13. The Morgan fingerprint density at radius 1 is 1.50 bits per heavy atom. The number of halogens is 1. The minimum absolute atomic E-state index is 0.101. The summed E-state index contributed by atoms with van der Waals surface area (Å²) < 4.78 is 7.51. The average molecular weight is 358 g/mol. The van der Waals surface area contributed by atoms with Crippen LogP contribution in [-0.2, 0) is 11.3 Å². The first-order chi connectivity index (χ1) is 9.60. The summed E-state index contributed by atoms with van der Waals surface area (Å²) in [4.78, 5) is 15.1. The second-order valence-electron chi connectivity index (χ2n) is 4.36. The molecule has 0 aliphatic carbocycles. The Labute approximate surface area is 129 Å². The lowest BCUT2D eigenvalue weighted by Crippen LogP contribution is -2.27. The van der Waals surface area contributed by atoms with Gasteiger partial charge in [-0.3, -0.25) is 4.79 Å². The summed E-state index contributed by atoms with van der Waals surface area (Å²) >= 11 is 5.00. The zero-order chi connectivity index (χ0) is 14.5. The molecule has 0 amide bonds. The number of methoxy groups -OCH3 is 1. The zero-order valence-electron chi connectivity index (χ0n) is 11.4. The molecule has 0 saturated heterocycles. The topological polar surface area (TPSA) is 47.4 Å². The average Bonchev–Trinajstić information content (AvgIpc) is 2.83. The minimum atomic E-state index is -0.101. The van der Waals surface area contributed by atoms with Crippen molar-refractivity contribution in [2.24, 2.45) is 0 Å². The lowest BCUT2D eigenvalue weighted by molar-refractivity contribution is 0.206. The van der Waals surface area contributed by atoms with Crippen molar-refractivity contribution >= 4 is 33.0 Å². The molecule has 2 heterocycles. The van der Waals surface area contributed by atoms with Gasteiger partial charge in [0.1, 0.15) is 0 Å². The van der Waals surface area contributed by atoms with Crippen LogP contribution in [0.3, 0.4) is 0 Å². The standard InChI is InChI=1S/C13H16BrN3O2S/c1-16(3-4-19-2)11-6-13(18)17(15-7-11)8-12-5-10(14)9-20-12/h5-7,9H,3-4,8H2,1-2H3. The van der Waals surface area contributed by atoms with Crippen LogP contribution in [0.15, 0.2) is 33.0 Å². The number of hydrogen-bond donors (Lipinski definition) is 0. The maximum Gasteiger partial charge on any atom is 0.269 e. The molecule has 2 aromatic heterocycles. The fourth-order valence-electron chi connectivity index (χ4n) is 1.69. The molecule has 0 aromatic carbocycles. The Morgan fingerprint density at radius 3 is 2.90 bits per heavy atom. The number of nitrogens with zero attached hydrogens (tertiary/aromatic N) is 3. The van der Waals surface area contributed by atoms with Gasteiger partial charge in [-0.15, -0.1) is 11.3 Å². The summed E-state index contributed by atoms with van der Waals surface area (Å²) in [7, 11) is 3.57. The van der Waals surface area contributed by atoms with E-state index in [-0.39, 0.29) is 5.56 Å². The molecule has 0 bridgehead atoms. The summed E-state index contributed by atoms with van der Waals surface area (Å²) in [5, 5.41) is 6.22. The summed E-state index contributed by atoms with van der Waals surface area (Å²) in [5.74, 6) is 0. The van der Waals surface area contributed by atoms with Crippen molar-refractivity contribution in [3.63, 3.8) is 0 Å². The van der Waals surface area contributed by atoms with Crippen LogP contribution in [0, 0.1) is 0 Å². The van der Waals surface area contributed by atoms with Crippen LogP contribution in [-0.4, -0.2) is 37.1 Å². The van der Waals surface area contributed by atoms with Gasteiger partial charge in [0.25, 0.3) is 5.56 Å². The summed E-state index contributed by atoms with van der Waals surface area (Å²) in [6.07, 6.45) is 1.71. The normalized spacial score (nSPS) is 10.8. The van der Waals surface area contributed by atoms with E-state index in [9.17, 15) is 4.79 Å². The summed E-state index contributed by atoms with van der Waals surface area (Å²) in [6, 6.07) is 3.60. The molecule has 0 atom stereocenters. The first kappa shape index (κ1) is 15.2. The van der Waals surface area contributed by atoms with Gasteiger partial charge in [-0.2, -0.15) is 5.10 Å². The van der Waals surface area contributed by atoms with Gasteiger partial charge in [0.2, 0.25) is 0 Å². The molecule has 0 aliphatic heterocycles. The number of rotatable bonds is 6. The molecule has 0 radical (unpaired) electrons. The van der Waals surface area contributed by atoms with E-state index in [0.29, 0.717) is 13.2 Å². The molecule has 0 aliphatic rings. The maximum atomic E-state index is 12.1. The van der Waals surface area contributed by atoms with Crippen molar-refractivity contribution in [3.05, 3.63) is 43.4 Å². The van der Waals surface area contributed by atoms with E-state index in [1.54, 1.807) is 30.7 Å². The van der Waals surface area contributed by atoms with Crippen molar-refractivity contribution < 1.29 is 4.74 Å². The van der Waals surface area contributed by atoms with Gasteiger partial charge in [0.15, 0.2) is 0 Å². The van der Waals surface area contributed by atoms with Crippen molar-refractivity contribution in [2.75, 3.05) is 32.2 Å². The molecular weight excluding hydrogens is 342 g/mol. The van der Waals surface area contributed by atoms with Crippen LogP contribution in [0.1, 0.15) is 4.88 Å². The molecule has 2 rings (SSSR count). The minimum Gasteiger partial charge on any atom is -0.383 e. The van der Waals surface area contributed by atoms with Crippen molar-refractivity contribution in [1.82, 2.24) is 9.78 Å². The molecule has 0 saturated carbocycles. The summed E-state index contributed by atoms with van der Waals surface area (Å²) in [6.45, 7) is 1.83. The number of anilines is 1. The van der Waals surface area contributed by atoms with E-state index >= 15 is 0 Å². The molecule has 0 unspecified atom stereocenters. The van der Waals surface area contributed by atoms with E-state index in [4.69, 9.17) is 4.74 Å². The van der Waals surface area contributed by atoms with Crippen molar-refractivity contribution in [3.8, 4) is 0 Å². The van der Waals surface area contributed by atoms with E-state index < -0.39 is 0 Å². The smallest absolute Gasteiger partial charge is 0.269 e. The molecule has 0 spiro atoms. The molecule has 20 heavy (non-hydrogen) atoms.